The monoisotopic (exact) mass is 369 g/mol. The van der Waals surface area contributed by atoms with Gasteiger partial charge >= 0.3 is 5.97 Å². The minimum Gasteiger partial charge on any atom is -0.481 e. The van der Waals surface area contributed by atoms with Crippen molar-refractivity contribution in [3.8, 4) is 0 Å². The number of aromatic nitrogens is 2. The SMILES string of the molecule is CC(C)SNCc1noc([C@H](CCCC2CCCCC2)CC(=O)O)n1. The number of hydrogen-bond donors (Lipinski definition) is 2. The van der Waals surface area contributed by atoms with Crippen LogP contribution in [-0.4, -0.2) is 26.5 Å². The van der Waals surface area contributed by atoms with Crippen molar-refractivity contribution in [1.29, 1.82) is 0 Å². The molecule has 0 radical (unpaired) electrons. The van der Waals surface area contributed by atoms with E-state index in [1.807, 2.05) is 0 Å². The molecule has 1 fully saturated rings. The highest BCUT2D eigenvalue weighted by molar-refractivity contribution is 7.97. The minimum atomic E-state index is -0.809. The van der Waals surface area contributed by atoms with Crippen LogP contribution in [0.3, 0.4) is 0 Å². The van der Waals surface area contributed by atoms with Gasteiger partial charge in [0.25, 0.3) is 0 Å². The number of rotatable bonds is 11. The van der Waals surface area contributed by atoms with Crippen molar-refractivity contribution in [2.45, 2.75) is 89.3 Å². The summed E-state index contributed by atoms with van der Waals surface area (Å²) in [5, 5.41) is 13.7. The summed E-state index contributed by atoms with van der Waals surface area (Å²) in [7, 11) is 0. The summed E-state index contributed by atoms with van der Waals surface area (Å²) < 4.78 is 8.55. The first-order valence-electron chi connectivity index (χ1n) is 9.47. The fourth-order valence-electron chi connectivity index (χ4n) is 3.43. The number of carboxylic acids is 1. The van der Waals surface area contributed by atoms with Crippen LogP contribution in [0.1, 0.15) is 89.3 Å². The molecule has 7 heteroatoms. The standard InChI is InChI=1S/C18H31N3O3S/c1-13(2)25-19-12-16-20-18(24-21-16)15(11-17(22)23)10-6-9-14-7-4-3-5-8-14/h13-15,19H,3-12H2,1-2H3,(H,22,23)/t15-/m1/s1. The van der Waals surface area contributed by atoms with Gasteiger partial charge in [-0.1, -0.05) is 75.9 Å². The second-order valence-corrected chi connectivity index (χ2v) is 8.73. The van der Waals surface area contributed by atoms with Crippen LogP contribution >= 0.6 is 11.9 Å². The first-order valence-corrected chi connectivity index (χ1v) is 10.4. The second-order valence-electron chi connectivity index (χ2n) is 7.27. The summed E-state index contributed by atoms with van der Waals surface area (Å²) in [6.07, 6.45) is 9.78. The quantitative estimate of drug-likeness (QED) is 0.554. The Labute approximate surface area is 154 Å². The predicted molar refractivity (Wildman–Crippen MR) is 99.3 cm³/mol. The zero-order valence-corrected chi connectivity index (χ0v) is 16.2. The van der Waals surface area contributed by atoms with Gasteiger partial charge in [0, 0.05) is 11.2 Å². The fraction of sp³-hybridized carbons (Fsp3) is 0.833. The van der Waals surface area contributed by atoms with Crippen LogP contribution in [-0.2, 0) is 11.3 Å². The molecule has 0 aromatic carbocycles. The van der Waals surface area contributed by atoms with E-state index in [0.29, 0.717) is 23.5 Å². The average Bonchev–Trinajstić information content (AvgIpc) is 3.03. The summed E-state index contributed by atoms with van der Waals surface area (Å²) in [5.41, 5.74) is 0. The van der Waals surface area contributed by atoms with Crippen molar-refractivity contribution < 1.29 is 14.4 Å². The maximum atomic E-state index is 11.2. The third kappa shape index (κ3) is 7.77. The summed E-state index contributed by atoms with van der Waals surface area (Å²) >= 11 is 1.62. The normalized spacial score (nSPS) is 17.1. The molecule has 6 nitrogen and oxygen atoms in total. The molecule has 1 atom stereocenters. The molecule has 2 N–H and O–H groups in total. The third-order valence-electron chi connectivity index (χ3n) is 4.69. The van der Waals surface area contributed by atoms with Crippen LogP contribution < -0.4 is 4.72 Å². The Morgan fingerprint density at radius 2 is 2.12 bits per heavy atom. The largest absolute Gasteiger partial charge is 0.481 e. The van der Waals surface area contributed by atoms with Crippen LogP contribution in [0.25, 0.3) is 0 Å². The van der Waals surface area contributed by atoms with Crippen molar-refractivity contribution >= 4 is 17.9 Å². The molecular formula is C18H31N3O3S. The third-order valence-corrected chi connectivity index (χ3v) is 5.48. The number of nitrogens with one attached hydrogen (secondary N) is 1. The van der Waals surface area contributed by atoms with Gasteiger partial charge < -0.3 is 9.63 Å². The molecule has 1 saturated carbocycles. The minimum absolute atomic E-state index is 0.0560. The summed E-state index contributed by atoms with van der Waals surface area (Å²) in [4.78, 5) is 15.6. The van der Waals surface area contributed by atoms with Crippen molar-refractivity contribution in [3.05, 3.63) is 11.7 Å². The summed E-state index contributed by atoms with van der Waals surface area (Å²) in [6.45, 7) is 4.73. The van der Waals surface area contributed by atoms with Gasteiger partial charge in [0.05, 0.1) is 13.0 Å². The molecular weight excluding hydrogens is 338 g/mol. The second kappa shape index (κ2) is 10.8. The number of nitrogens with zero attached hydrogens (tertiary/aromatic N) is 2. The maximum absolute atomic E-state index is 11.2. The highest BCUT2D eigenvalue weighted by Crippen LogP contribution is 2.31. The van der Waals surface area contributed by atoms with Gasteiger partial charge in [-0.05, 0) is 12.3 Å². The maximum Gasteiger partial charge on any atom is 0.304 e. The molecule has 0 spiro atoms. The molecule has 1 aliphatic carbocycles. The van der Waals surface area contributed by atoms with Gasteiger partial charge in [0.1, 0.15) is 0 Å². The van der Waals surface area contributed by atoms with E-state index >= 15 is 0 Å². The zero-order valence-electron chi connectivity index (χ0n) is 15.4. The molecule has 0 bridgehead atoms. The number of carbonyl (C=O) groups is 1. The van der Waals surface area contributed by atoms with E-state index in [0.717, 1.165) is 18.8 Å². The van der Waals surface area contributed by atoms with E-state index in [-0.39, 0.29) is 12.3 Å². The molecule has 2 rings (SSSR count). The molecule has 1 aromatic rings. The van der Waals surface area contributed by atoms with E-state index < -0.39 is 5.97 Å². The number of hydrogen-bond acceptors (Lipinski definition) is 6. The van der Waals surface area contributed by atoms with E-state index in [2.05, 4.69) is 28.7 Å². The topological polar surface area (TPSA) is 88.2 Å². The first kappa shape index (κ1) is 20.2. The lowest BCUT2D eigenvalue weighted by Gasteiger charge is -2.21. The molecule has 142 valence electrons. The highest BCUT2D eigenvalue weighted by Gasteiger charge is 2.23. The van der Waals surface area contributed by atoms with Gasteiger partial charge in [0.15, 0.2) is 5.82 Å². The molecule has 0 aliphatic heterocycles. The Hall–Kier alpha value is -1.08. The van der Waals surface area contributed by atoms with Gasteiger partial charge in [0.2, 0.25) is 5.89 Å². The van der Waals surface area contributed by atoms with Gasteiger partial charge in [-0.15, -0.1) is 0 Å². The molecule has 25 heavy (non-hydrogen) atoms. The van der Waals surface area contributed by atoms with Crippen LogP contribution in [0.15, 0.2) is 4.52 Å². The average molecular weight is 370 g/mol. The van der Waals surface area contributed by atoms with E-state index in [4.69, 9.17) is 4.52 Å². The smallest absolute Gasteiger partial charge is 0.304 e. The summed E-state index contributed by atoms with van der Waals surface area (Å²) in [5.74, 6) is 0.883. The first-order chi connectivity index (χ1) is 12.0. The van der Waals surface area contributed by atoms with Crippen molar-refractivity contribution in [2.75, 3.05) is 0 Å². The Kier molecular flexibility index (Phi) is 8.75. The van der Waals surface area contributed by atoms with Gasteiger partial charge in [-0.3, -0.25) is 9.52 Å². The lowest BCUT2D eigenvalue weighted by molar-refractivity contribution is -0.137. The summed E-state index contributed by atoms with van der Waals surface area (Å²) in [6, 6.07) is 0. The van der Waals surface area contributed by atoms with Crippen LogP contribution in [0.5, 0.6) is 0 Å². The van der Waals surface area contributed by atoms with Crippen LogP contribution in [0, 0.1) is 5.92 Å². The van der Waals surface area contributed by atoms with E-state index in [1.54, 1.807) is 11.9 Å². The van der Waals surface area contributed by atoms with E-state index in [1.165, 1.54) is 38.5 Å². The van der Waals surface area contributed by atoms with Crippen molar-refractivity contribution in [1.82, 2.24) is 14.9 Å². The Bertz CT molecular complexity index is 515. The van der Waals surface area contributed by atoms with Gasteiger partial charge in [-0.25, -0.2) is 0 Å². The molecule has 0 saturated heterocycles. The predicted octanol–water partition coefficient (Wildman–Crippen LogP) is 4.52. The molecule has 1 heterocycles. The van der Waals surface area contributed by atoms with Gasteiger partial charge in [-0.2, -0.15) is 4.98 Å². The van der Waals surface area contributed by atoms with Crippen molar-refractivity contribution in [3.63, 3.8) is 0 Å². The zero-order chi connectivity index (χ0) is 18.1. The number of carboxylic acid groups (broad SMARTS) is 1. The van der Waals surface area contributed by atoms with Crippen molar-refractivity contribution in [2.24, 2.45) is 5.92 Å². The Morgan fingerprint density at radius 3 is 2.80 bits per heavy atom. The van der Waals surface area contributed by atoms with Crippen LogP contribution in [0.2, 0.25) is 0 Å². The highest BCUT2D eigenvalue weighted by atomic mass is 32.2. The molecule has 1 aromatic heterocycles. The fourth-order valence-corrected chi connectivity index (χ4v) is 3.98. The lowest BCUT2D eigenvalue weighted by atomic mass is 9.84. The Morgan fingerprint density at radius 1 is 1.36 bits per heavy atom. The molecule has 1 aliphatic rings. The number of aliphatic carboxylic acids is 1. The molecule has 0 amide bonds. The van der Waals surface area contributed by atoms with E-state index in [9.17, 15) is 9.90 Å². The van der Waals surface area contributed by atoms with Crippen LogP contribution in [0.4, 0.5) is 0 Å². The lowest BCUT2D eigenvalue weighted by Crippen LogP contribution is -2.11. The Balaban J connectivity index is 1.83. The molecule has 0 unspecified atom stereocenters.